The summed E-state index contributed by atoms with van der Waals surface area (Å²) in [5, 5.41) is 10.2. The fraction of sp³-hybridized carbons (Fsp3) is 0.417. The number of carbonyl (C=O) groups excluding carboxylic acids is 1. The molecule has 1 aromatic carbocycles. The van der Waals surface area contributed by atoms with E-state index in [9.17, 15) is 14.3 Å². The monoisotopic (exact) mass is 304 g/mol. The van der Waals surface area contributed by atoms with Gasteiger partial charge in [-0.1, -0.05) is 6.07 Å². The number of esters is 1. The Labute approximate surface area is 108 Å². The Morgan fingerprint density at radius 3 is 2.76 bits per heavy atom. The first-order valence-corrected chi connectivity index (χ1v) is 5.99. The Kier molecular flexibility index (Phi) is 4.65. The average Bonchev–Trinajstić information content (AvgIpc) is 2.21. The number of aliphatic hydroxyl groups is 1. The van der Waals surface area contributed by atoms with Crippen molar-refractivity contribution in [2.45, 2.75) is 25.9 Å². The van der Waals surface area contributed by atoms with Gasteiger partial charge in [-0.15, -0.1) is 0 Å². The first-order chi connectivity index (χ1) is 7.86. The van der Waals surface area contributed by atoms with Crippen molar-refractivity contribution in [2.75, 3.05) is 6.61 Å². The highest BCUT2D eigenvalue weighted by Gasteiger charge is 2.28. The molecule has 1 atom stereocenters. The number of benzene rings is 1. The summed E-state index contributed by atoms with van der Waals surface area (Å²) in [5.41, 5.74) is -0.915. The number of hydrogen-bond donors (Lipinski definition) is 1. The summed E-state index contributed by atoms with van der Waals surface area (Å²) < 4.78 is 18.1. The number of carbonyl (C=O) groups is 1. The molecule has 0 saturated carbocycles. The van der Waals surface area contributed by atoms with Gasteiger partial charge < -0.3 is 9.84 Å². The minimum Gasteiger partial charge on any atom is -0.466 e. The Morgan fingerprint density at radius 2 is 2.24 bits per heavy atom. The maximum absolute atomic E-state index is 13.1. The standard InChI is InChI=1S/C12H14BrFO3/c1-3-17-11(15)7-12(2,16)8-4-5-10(14)9(13)6-8/h4-6,16H,3,7H2,1-2H3. The Balaban J connectivity index is 2.88. The summed E-state index contributed by atoms with van der Waals surface area (Å²) in [6.07, 6.45) is -0.168. The molecule has 0 saturated heterocycles. The third-order valence-corrected chi connectivity index (χ3v) is 2.94. The van der Waals surface area contributed by atoms with E-state index in [0.717, 1.165) is 0 Å². The van der Waals surface area contributed by atoms with Gasteiger partial charge in [-0.05, 0) is 47.5 Å². The SMILES string of the molecule is CCOC(=O)CC(C)(O)c1ccc(F)c(Br)c1. The second-order valence-corrected chi connectivity index (χ2v) is 4.74. The largest absolute Gasteiger partial charge is 0.466 e. The lowest BCUT2D eigenvalue weighted by Gasteiger charge is -2.23. The Hall–Kier alpha value is -0.940. The molecule has 0 aliphatic rings. The molecule has 1 rings (SSSR count). The highest BCUT2D eigenvalue weighted by Crippen LogP contribution is 2.28. The smallest absolute Gasteiger partial charge is 0.309 e. The van der Waals surface area contributed by atoms with Crippen LogP contribution in [0.15, 0.2) is 22.7 Å². The maximum atomic E-state index is 13.1. The van der Waals surface area contributed by atoms with Gasteiger partial charge in [0.2, 0.25) is 0 Å². The zero-order valence-corrected chi connectivity index (χ0v) is 11.3. The molecular weight excluding hydrogens is 291 g/mol. The van der Waals surface area contributed by atoms with Gasteiger partial charge in [0, 0.05) is 0 Å². The van der Waals surface area contributed by atoms with Gasteiger partial charge in [0.15, 0.2) is 0 Å². The van der Waals surface area contributed by atoms with E-state index in [4.69, 9.17) is 4.74 Å². The molecule has 0 amide bonds. The predicted octanol–water partition coefficient (Wildman–Crippen LogP) is 2.75. The molecule has 0 radical (unpaired) electrons. The molecule has 5 heteroatoms. The minimum absolute atomic E-state index is 0.168. The van der Waals surface area contributed by atoms with E-state index in [1.54, 1.807) is 6.92 Å². The number of rotatable bonds is 4. The van der Waals surface area contributed by atoms with Gasteiger partial charge in [-0.25, -0.2) is 4.39 Å². The van der Waals surface area contributed by atoms with Crippen molar-refractivity contribution < 1.29 is 19.0 Å². The van der Waals surface area contributed by atoms with Crippen molar-refractivity contribution in [3.8, 4) is 0 Å². The molecule has 0 aliphatic heterocycles. The number of ether oxygens (including phenoxy) is 1. The second kappa shape index (κ2) is 5.60. The molecule has 0 heterocycles. The molecule has 0 spiro atoms. The molecule has 0 bridgehead atoms. The lowest BCUT2D eigenvalue weighted by Crippen LogP contribution is -2.26. The average molecular weight is 305 g/mol. The van der Waals surface area contributed by atoms with Gasteiger partial charge in [0.1, 0.15) is 5.82 Å². The van der Waals surface area contributed by atoms with Gasteiger partial charge >= 0.3 is 5.97 Å². The summed E-state index contributed by atoms with van der Waals surface area (Å²) in [6.45, 7) is 3.45. The van der Waals surface area contributed by atoms with E-state index < -0.39 is 17.4 Å². The molecule has 17 heavy (non-hydrogen) atoms. The van der Waals surface area contributed by atoms with E-state index >= 15 is 0 Å². The van der Waals surface area contributed by atoms with E-state index in [0.29, 0.717) is 5.56 Å². The van der Waals surface area contributed by atoms with Crippen LogP contribution >= 0.6 is 15.9 Å². The van der Waals surface area contributed by atoms with Crippen LogP contribution < -0.4 is 0 Å². The van der Waals surface area contributed by atoms with Crippen LogP contribution in [0.1, 0.15) is 25.8 Å². The summed E-state index contributed by atoms with van der Waals surface area (Å²) in [7, 11) is 0. The second-order valence-electron chi connectivity index (χ2n) is 3.88. The topological polar surface area (TPSA) is 46.5 Å². The molecule has 3 nitrogen and oxygen atoms in total. The molecule has 0 aliphatic carbocycles. The van der Waals surface area contributed by atoms with Gasteiger partial charge in [-0.2, -0.15) is 0 Å². The predicted molar refractivity (Wildman–Crippen MR) is 64.9 cm³/mol. The fourth-order valence-electron chi connectivity index (χ4n) is 1.43. The molecule has 0 aromatic heterocycles. The van der Waals surface area contributed by atoms with Crippen LogP contribution in [0.25, 0.3) is 0 Å². The minimum atomic E-state index is -1.37. The molecule has 1 N–H and O–H groups in total. The molecule has 1 aromatic rings. The maximum Gasteiger partial charge on any atom is 0.309 e. The van der Waals surface area contributed by atoms with Crippen LogP contribution in [0.5, 0.6) is 0 Å². The molecule has 0 fully saturated rings. The van der Waals surface area contributed by atoms with Crippen molar-refractivity contribution >= 4 is 21.9 Å². The fourth-order valence-corrected chi connectivity index (χ4v) is 1.81. The van der Waals surface area contributed by atoms with Crippen LogP contribution in [0.4, 0.5) is 4.39 Å². The first kappa shape index (κ1) is 14.1. The number of hydrogen-bond acceptors (Lipinski definition) is 3. The van der Waals surface area contributed by atoms with Crippen molar-refractivity contribution in [1.82, 2.24) is 0 Å². The normalized spacial score (nSPS) is 14.2. The van der Waals surface area contributed by atoms with Gasteiger partial charge in [0.05, 0.1) is 23.1 Å². The van der Waals surface area contributed by atoms with Crippen LogP contribution in [0.2, 0.25) is 0 Å². The summed E-state index contributed by atoms with van der Waals surface area (Å²) >= 11 is 3.03. The van der Waals surface area contributed by atoms with Crippen molar-refractivity contribution in [3.05, 3.63) is 34.1 Å². The summed E-state index contributed by atoms with van der Waals surface area (Å²) in [4.78, 5) is 11.3. The Morgan fingerprint density at radius 1 is 1.59 bits per heavy atom. The van der Waals surface area contributed by atoms with Crippen LogP contribution in [-0.2, 0) is 15.1 Å². The first-order valence-electron chi connectivity index (χ1n) is 5.20. The highest BCUT2D eigenvalue weighted by atomic mass is 79.9. The number of halogens is 2. The van der Waals surface area contributed by atoms with Crippen molar-refractivity contribution in [1.29, 1.82) is 0 Å². The van der Waals surface area contributed by atoms with Gasteiger partial charge in [0.25, 0.3) is 0 Å². The summed E-state index contributed by atoms with van der Waals surface area (Å²) in [6, 6.07) is 4.13. The highest BCUT2D eigenvalue weighted by molar-refractivity contribution is 9.10. The van der Waals surface area contributed by atoms with Crippen molar-refractivity contribution in [3.63, 3.8) is 0 Å². The van der Waals surface area contributed by atoms with E-state index in [2.05, 4.69) is 15.9 Å². The van der Waals surface area contributed by atoms with Crippen LogP contribution in [0, 0.1) is 5.82 Å². The summed E-state index contributed by atoms with van der Waals surface area (Å²) in [5.74, 6) is -0.904. The molecule has 94 valence electrons. The van der Waals surface area contributed by atoms with Crippen molar-refractivity contribution in [2.24, 2.45) is 0 Å². The third kappa shape index (κ3) is 3.78. The lowest BCUT2D eigenvalue weighted by atomic mass is 9.93. The van der Waals surface area contributed by atoms with E-state index in [1.165, 1.54) is 25.1 Å². The lowest BCUT2D eigenvalue weighted by molar-refractivity contribution is -0.148. The van der Waals surface area contributed by atoms with E-state index in [1.807, 2.05) is 0 Å². The molecular formula is C12H14BrFO3. The quantitative estimate of drug-likeness (QED) is 0.870. The Bertz CT molecular complexity index is 418. The molecule has 1 unspecified atom stereocenters. The zero-order valence-electron chi connectivity index (χ0n) is 9.67. The van der Waals surface area contributed by atoms with E-state index in [-0.39, 0.29) is 17.5 Å². The van der Waals surface area contributed by atoms with Crippen LogP contribution in [-0.4, -0.2) is 17.7 Å². The third-order valence-electron chi connectivity index (χ3n) is 2.34. The van der Waals surface area contributed by atoms with Crippen LogP contribution in [0.3, 0.4) is 0 Å². The van der Waals surface area contributed by atoms with Gasteiger partial charge in [-0.3, -0.25) is 4.79 Å². The zero-order chi connectivity index (χ0) is 13.1.